The number of fused-ring (bicyclic) bond motifs is 1. The lowest BCUT2D eigenvalue weighted by Gasteiger charge is -2.34. The van der Waals surface area contributed by atoms with E-state index >= 15 is 0 Å². The molecule has 0 amide bonds. The van der Waals surface area contributed by atoms with E-state index in [9.17, 15) is 17.2 Å². The zero-order chi connectivity index (χ0) is 19.9. The van der Waals surface area contributed by atoms with Crippen molar-refractivity contribution in [1.82, 2.24) is 4.98 Å². The van der Waals surface area contributed by atoms with Gasteiger partial charge in [-0.2, -0.15) is 0 Å². The number of aromatic nitrogens is 1. The molecule has 1 aliphatic rings. The van der Waals surface area contributed by atoms with E-state index in [2.05, 4.69) is 11.9 Å². The van der Waals surface area contributed by atoms with Crippen molar-refractivity contribution >= 4 is 26.4 Å². The molecule has 3 aromatic rings. The first-order valence-electron chi connectivity index (χ1n) is 9.20. The highest BCUT2D eigenvalue weighted by Gasteiger charge is 2.29. The molecule has 7 heteroatoms. The summed E-state index contributed by atoms with van der Waals surface area (Å²) in [4.78, 5) is 6.06. The summed E-state index contributed by atoms with van der Waals surface area (Å²) in [5.74, 6) is -0.542. The van der Waals surface area contributed by atoms with Crippen LogP contribution in [0.2, 0.25) is 0 Å². The average molecular weight is 402 g/mol. The second-order valence-electron chi connectivity index (χ2n) is 7.26. The van der Waals surface area contributed by atoms with Crippen LogP contribution in [0.3, 0.4) is 0 Å². The van der Waals surface area contributed by atoms with Gasteiger partial charge in [0.1, 0.15) is 16.5 Å². The van der Waals surface area contributed by atoms with Gasteiger partial charge in [0.2, 0.25) is 9.84 Å². The van der Waals surface area contributed by atoms with Crippen molar-refractivity contribution in [1.29, 1.82) is 0 Å². The second kappa shape index (κ2) is 7.13. The summed E-state index contributed by atoms with van der Waals surface area (Å²) in [7, 11) is -4.03. The zero-order valence-corrected chi connectivity index (χ0v) is 16.2. The number of sulfone groups is 1. The molecule has 146 valence electrons. The minimum Gasteiger partial charge on any atom is -0.370 e. The Labute approximate surface area is 162 Å². The number of hydrogen-bond acceptors (Lipinski definition) is 4. The first kappa shape index (κ1) is 18.8. The highest BCUT2D eigenvalue weighted by molar-refractivity contribution is 7.91. The molecule has 1 aromatic heterocycles. The van der Waals surface area contributed by atoms with E-state index in [0.717, 1.165) is 18.9 Å². The van der Waals surface area contributed by atoms with E-state index in [1.54, 1.807) is 6.07 Å². The minimum atomic E-state index is -4.03. The van der Waals surface area contributed by atoms with Gasteiger partial charge < -0.3 is 4.90 Å². The molecule has 2 aromatic carbocycles. The van der Waals surface area contributed by atoms with E-state index in [1.807, 2.05) is 4.90 Å². The average Bonchev–Trinajstić information content (AvgIpc) is 2.68. The Balaban J connectivity index is 1.96. The number of piperidine rings is 1. The lowest BCUT2D eigenvalue weighted by molar-refractivity contribution is 0.437. The van der Waals surface area contributed by atoms with Gasteiger partial charge in [-0.3, -0.25) is 4.98 Å². The Bertz CT molecular complexity index is 1140. The standard InChI is InChI=1S/C21H20F2N2O2S/c1-14-7-9-25(10-8-14)21-18-12-16(23)5-6-19(18)24-13-20(21)28(26,27)17-4-2-3-15(22)11-17/h2-6,11-14H,7-10H2,1H3. The normalized spacial score (nSPS) is 15.9. The molecule has 0 radical (unpaired) electrons. The van der Waals surface area contributed by atoms with Crippen LogP contribution in [0.15, 0.2) is 58.5 Å². The summed E-state index contributed by atoms with van der Waals surface area (Å²) >= 11 is 0. The molecular weight excluding hydrogens is 382 g/mol. The topological polar surface area (TPSA) is 50.3 Å². The van der Waals surface area contributed by atoms with Gasteiger partial charge in [-0.15, -0.1) is 0 Å². The molecule has 1 fully saturated rings. The number of benzene rings is 2. The van der Waals surface area contributed by atoms with Crippen molar-refractivity contribution in [2.45, 2.75) is 29.6 Å². The lowest BCUT2D eigenvalue weighted by Crippen LogP contribution is -2.34. The van der Waals surface area contributed by atoms with Crippen LogP contribution in [0, 0.1) is 17.6 Å². The van der Waals surface area contributed by atoms with Crippen LogP contribution in [0.25, 0.3) is 10.9 Å². The highest BCUT2D eigenvalue weighted by atomic mass is 32.2. The summed E-state index contributed by atoms with van der Waals surface area (Å²) in [6, 6.07) is 9.07. The fourth-order valence-corrected chi connectivity index (χ4v) is 5.11. The summed E-state index contributed by atoms with van der Waals surface area (Å²) in [6.07, 6.45) is 3.13. The maximum absolute atomic E-state index is 14.0. The third-order valence-corrected chi connectivity index (χ3v) is 7.02. The maximum atomic E-state index is 14.0. The Kier molecular flexibility index (Phi) is 4.79. The van der Waals surface area contributed by atoms with Gasteiger partial charge in [0.25, 0.3) is 0 Å². The monoisotopic (exact) mass is 402 g/mol. The van der Waals surface area contributed by atoms with Crippen LogP contribution >= 0.6 is 0 Å². The lowest BCUT2D eigenvalue weighted by atomic mass is 9.98. The van der Waals surface area contributed by atoms with Crippen molar-refractivity contribution in [2.75, 3.05) is 18.0 Å². The fraction of sp³-hybridized carbons (Fsp3) is 0.286. The highest BCUT2D eigenvalue weighted by Crippen LogP contribution is 2.38. The third kappa shape index (κ3) is 3.35. The van der Waals surface area contributed by atoms with Gasteiger partial charge in [0.15, 0.2) is 0 Å². The van der Waals surface area contributed by atoms with Crippen molar-refractivity contribution in [2.24, 2.45) is 5.92 Å². The number of halogens is 2. The molecule has 0 unspecified atom stereocenters. The molecule has 0 N–H and O–H groups in total. The van der Waals surface area contributed by atoms with Crippen LogP contribution in [-0.4, -0.2) is 26.5 Å². The maximum Gasteiger partial charge on any atom is 0.210 e. The van der Waals surface area contributed by atoms with Crippen LogP contribution < -0.4 is 4.90 Å². The van der Waals surface area contributed by atoms with Gasteiger partial charge in [-0.1, -0.05) is 13.0 Å². The van der Waals surface area contributed by atoms with Crippen molar-refractivity contribution in [3.8, 4) is 0 Å². The van der Waals surface area contributed by atoms with Gasteiger partial charge in [0.05, 0.1) is 16.1 Å². The summed E-state index contributed by atoms with van der Waals surface area (Å²) in [6.45, 7) is 3.50. The summed E-state index contributed by atoms with van der Waals surface area (Å²) in [5, 5.41) is 0.451. The molecule has 28 heavy (non-hydrogen) atoms. The molecular formula is C21H20F2N2O2S. The van der Waals surface area contributed by atoms with Crippen LogP contribution in [-0.2, 0) is 9.84 Å². The summed E-state index contributed by atoms with van der Waals surface area (Å²) in [5.41, 5.74) is 0.967. The SMILES string of the molecule is CC1CCN(c2c(S(=O)(=O)c3cccc(F)c3)cnc3ccc(F)cc23)CC1. The molecule has 2 heterocycles. The van der Waals surface area contributed by atoms with Crippen LogP contribution in [0.4, 0.5) is 14.5 Å². The van der Waals surface area contributed by atoms with Gasteiger partial charge in [-0.25, -0.2) is 17.2 Å². The molecule has 1 saturated heterocycles. The third-order valence-electron chi connectivity index (χ3n) is 5.26. The zero-order valence-electron chi connectivity index (χ0n) is 15.4. The Hall–Kier alpha value is -2.54. The van der Waals surface area contributed by atoms with Crippen molar-refractivity contribution in [3.05, 3.63) is 60.3 Å². The largest absolute Gasteiger partial charge is 0.370 e. The minimum absolute atomic E-state index is 0.0225. The fourth-order valence-electron chi connectivity index (χ4n) is 3.65. The second-order valence-corrected chi connectivity index (χ2v) is 9.18. The quantitative estimate of drug-likeness (QED) is 0.643. The van der Waals surface area contributed by atoms with Crippen LogP contribution in [0.5, 0.6) is 0 Å². The van der Waals surface area contributed by atoms with Gasteiger partial charge in [0, 0.05) is 24.7 Å². The van der Waals surface area contributed by atoms with E-state index in [0.29, 0.717) is 35.6 Å². The number of pyridine rings is 1. The van der Waals surface area contributed by atoms with E-state index < -0.39 is 21.5 Å². The van der Waals surface area contributed by atoms with Gasteiger partial charge >= 0.3 is 0 Å². The van der Waals surface area contributed by atoms with Crippen molar-refractivity contribution < 1.29 is 17.2 Å². The van der Waals surface area contributed by atoms with Gasteiger partial charge in [-0.05, 0) is 55.2 Å². The van der Waals surface area contributed by atoms with Crippen LogP contribution in [0.1, 0.15) is 19.8 Å². The van der Waals surface area contributed by atoms with E-state index in [-0.39, 0.29) is 9.79 Å². The first-order valence-corrected chi connectivity index (χ1v) is 10.7. The smallest absolute Gasteiger partial charge is 0.210 e. The number of nitrogens with zero attached hydrogens (tertiary/aromatic N) is 2. The molecule has 0 saturated carbocycles. The summed E-state index contributed by atoms with van der Waals surface area (Å²) < 4.78 is 54.3. The molecule has 4 rings (SSSR count). The molecule has 1 aliphatic heterocycles. The van der Waals surface area contributed by atoms with E-state index in [4.69, 9.17) is 0 Å². The molecule has 0 bridgehead atoms. The number of anilines is 1. The molecule has 0 atom stereocenters. The molecule has 0 spiro atoms. The Morgan fingerprint density at radius 1 is 1.04 bits per heavy atom. The Morgan fingerprint density at radius 3 is 2.46 bits per heavy atom. The molecule has 4 nitrogen and oxygen atoms in total. The predicted molar refractivity (Wildman–Crippen MR) is 104 cm³/mol. The number of hydrogen-bond donors (Lipinski definition) is 0. The number of rotatable bonds is 3. The first-order chi connectivity index (χ1) is 13.4. The van der Waals surface area contributed by atoms with E-state index in [1.165, 1.54) is 36.5 Å². The van der Waals surface area contributed by atoms with Crippen molar-refractivity contribution in [3.63, 3.8) is 0 Å². The Morgan fingerprint density at radius 2 is 1.75 bits per heavy atom. The predicted octanol–water partition coefficient (Wildman–Crippen LogP) is 4.58. The molecule has 0 aliphatic carbocycles.